The smallest absolute Gasteiger partial charge is 0.229 e. The average molecular weight is 358 g/mol. The zero-order valence-electron chi connectivity index (χ0n) is 15.2. The van der Waals surface area contributed by atoms with Gasteiger partial charge in [-0.2, -0.15) is 0 Å². The highest BCUT2D eigenvalue weighted by atomic mass is 16.6. The lowest BCUT2D eigenvalue weighted by atomic mass is 10.1. The Hall–Kier alpha value is -2.84. The number of aryl methyl sites for hydroxylation is 2. The van der Waals surface area contributed by atoms with Gasteiger partial charge in [-0.1, -0.05) is 10.3 Å². The molecule has 3 rings (SSSR count). The normalized spacial score (nSPS) is 16.7. The molecule has 0 spiro atoms. The summed E-state index contributed by atoms with van der Waals surface area (Å²) in [5, 5.41) is 10.3. The molecule has 0 aromatic carbocycles. The Morgan fingerprint density at radius 3 is 2.85 bits per heavy atom. The summed E-state index contributed by atoms with van der Waals surface area (Å²) in [5.41, 5.74) is 2.80. The number of amides is 2. The fourth-order valence-corrected chi connectivity index (χ4v) is 3.16. The van der Waals surface area contributed by atoms with Gasteiger partial charge in [-0.3, -0.25) is 9.59 Å². The Bertz CT molecular complexity index is 819. The molecule has 2 aromatic heterocycles. The summed E-state index contributed by atoms with van der Waals surface area (Å²) >= 11 is 0. The van der Waals surface area contributed by atoms with Crippen LogP contribution in [0.25, 0.3) is 0 Å². The number of aromatic nitrogens is 4. The molecule has 3 heterocycles. The maximum Gasteiger partial charge on any atom is 0.229 e. The highest BCUT2D eigenvalue weighted by Crippen LogP contribution is 2.33. The van der Waals surface area contributed by atoms with Crippen LogP contribution in [-0.2, 0) is 22.6 Å². The lowest BCUT2D eigenvalue weighted by Gasteiger charge is -2.26. The van der Waals surface area contributed by atoms with Crippen molar-refractivity contribution in [2.45, 2.75) is 52.6 Å². The summed E-state index contributed by atoms with van der Waals surface area (Å²) in [7, 11) is 0. The van der Waals surface area contributed by atoms with E-state index in [-0.39, 0.29) is 24.3 Å². The van der Waals surface area contributed by atoms with Gasteiger partial charge in [0.15, 0.2) is 0 Å². The molecule has 1 fully saturated rings. The molecule has 0 saturated carbocycles. The number of nitrogens with one attached hydrogen (secondary N) is 1. The zero-order valence-corrected chi connectivity index (χ0v) is 15.2. The first kappa shape index (κ1) is 18.0. The molecule has 2 aromatic rings. The molecule has 0 aliphatic carbocycles. The number of rotatable bonds is 5. The fourth-order valence-electron chi connectivity index (χ4n) is 3.16. The maximum absolute atomic E-state index is 12.8. The van der Waals surface area contributed by atoms with Gasteiger partial charge in [-0.25, -0.2) is 14.6 Å². The molecule has 26 heavy (non-hydrogen) atoms. The van der Waals surface area contributed by atoms with E-state index < -0.39 is 0 Å². The van der Waals surface area contributed by atoms with Crippen LogP contribution in [0.5, 0.6) is 0 Å². The number of likely N-dealkylation sites (tertiary alicyclic amines) is 1. The Labute approximate surface area is 151 Å². The summed E-state index contributed by atoms with van der Waals surface area (Å²) < 4.78 is 4.68. The van der Waals surface area contributed by atoms with Crippen molar-refractivity contribution in [1.82, 2.24) is 30.5 Å². The van der Waals surface area contributed by atoms with E-state index in [4.69, 9.17) is 0 Å². The third-order valence-electron chi connectivity index (χ3n) is 4.50. The molecule has 0 radical (unpaired) electrons. The van der Waals surface area contributed by atoms with Gasteiger partial charge in [0.25, 0.3) is 0 Å². The van der Waals surface area contributed by atoms with Crippen molar-refractivity contribution < 1.29 is 14.2 Å². The topological polar surface area (TPSA) is 114 Å². The number of carbonyl (C=O) groups is 2. The Morgan fingerprint density at radius 1 is 1.35 bits per heavy atom. The van der Waals surface area contributed by atoms with Crippen molar-refractivity contribution in [2.24, 2.45) is 0 Å². The van der Waals surface area contributed by atoms with Gasteiger partial charge in [-0.05, 0) is 26.7 Å². The molecule has 1 aliphatic heterocycles. The van der Waals surface area contributed by atoms with Crippen LogP contribution < -0.4 is 5.32 Å². The highest BCUT2D eigenvalue weighted by Gasteiger charge is 2.33. The van der Waals surface area contributed by atoms with Crippen molar-refractivity contribution in [3.8, 4) is 0 Å². The molecular weight excluding hydrogens is 336 g/mol. The van der Waals surface area contributed by atoms with Crippen molar-refractivity contribution in [2.75, 3.05) is 6.54 Å². The van der Waals surface area contributed by atoms with Gasteiger partial charge < -0.3 is 10.2 Å². The SMILES string of the molecule is CC(=O)NCc1cnc(C)nc1C1CCCN1C(=O)Cc1nonc1C. The van der Waals surface area contributed by atoms with Crippen LogP contribution >= 0.6 is 0 Å². The molecule has 1 aliphatic rings. The van der Waals surface area contributed by atoms with Gasteiger partial charge in [0.05, 0.1) is 18.2 Å². The minimum absolute atomic E-state index is 0.0342. The van der Waals surface area contributed by atoms with Crippen molar-refractivity contribution in [3.05, 3.63) is 34.7 Å². The Morgan fingerprint density at radius 2 is 2.15 bits per heavy atom. The molecule has 1 saturated heterocycles. The number of carbonyl (C=O) groups excluding carboxylic acids is 2. The summed E-state index contributed by atoms with van der Waals surface area (Å²) in [4.78, 5) is 34.7. The Balaban J connectivity index is 1.83. The van der Waals surface area contributed by atoms with Crippen molar-refractivity contribution >= 4 is 11.8 Å². The van der Waals surface area contributed by atoms with Crippen LogP contribution in [0, 0.1) is 13.8 Å². The maximum atomic E-state index is 12.8. The quantitative estimate of drug-likeness (QED) is 0.848. The molecule has 1 unspecified atom stereocenters. The number of nitrogens with zero attached hydrogens (tertiary/aromatic N) is 5. The Kier molecular flexibility index (Phi) is 5.24. The van der Waals surface area contributed by atoms with Crippen LogP contribution in [0.2, 0.25) is 0 Å². The van der Waals surface area contributed by atoms with E-state index in [0.717, 1.165) is 24.1 Å². The van der Waals surface area contributed by atoms with Crippen LogP contribution in [-0.4, -0.2) is 43.5 Å². The van der Waals surface area contributed by atoms with Crippen LogP contribution in [0.3, 0.4) is 0 Å². The van der Waals surface area contributed by atoms with Gasteiger partial charge in [-0.15, -0.1) is 0 Å². The monoisotopic (exact) mass is 358 g/mol. The van der Waals surface area contributed by atoms with E-state index >= 15 is 0 Å². The van der Waals surface area contributed by atoms with Gasteiger partial charge >= 0.3 is 0 Å². The predicted octanol–water partition coefficient (Wildman–Crippen LogP) is 1.02. The van der Waals surface area contributed by atoms with E-state index in [1.165, 1.54) is 6.92 Å². The van der Waals surface area contributed by atoms with Gasteiger partial charge in [0.1, 0.15) is 17.2 Å². The molecule has 1 N–H and O–H groups in total. The lowest BCUT2D eigenvalue weighted by Crippen LogP contribution is -2.33. The van der Waals surface area contributed by atoms with E-state index in [1.54, 1.807) is 13.1 Å². The summed E-state index contributed by atoms with van der Waals surface area (Å²) in [6.07, 6.45) is 3.59. The molecule has 1 atom stereocenters. The number of hydrogen-bond donors (Lipinski definition) is 1. The van der Waals surface area contributed by atoms with Crippen LogP contribution in [0.4, 0.5) is 0 Å². The standard InChI is InChI=1S/C17H22N6O3/c1-10-14(22-26-21-10)7-16(25)23-6-4-5-15(23)17-13(9-19-12(3)24)8-18-11(2)20-17/h8,15H,4-7,9H2,1-3H3,(H,19,24). The third kappa shape index (κ3) is 3.87. The fraction of sp³-hybridized carbons (Fsp3) is 0.529. The number of hydrogen-bond acceptors (Lipinski definition) is 7. The second kappa shape index (κ2) is 7.59. The highest BCUT2D eigenvalue weighted by molar-refractivity contribution is 5.79. The molecule has 2 amide bonds. The minimum Gasteiger partial charge on any atom is -0.352 e. The predicted molar refractivity (Wildman–Crippen MR) is 90.7 cm³/mol. The van der Waals surface area contributed by atoms with E-state index in [0.29, 0.717) is 30.3 Å². The molecular formula is C17H22N6O3. The second-order valence-electron chi connectivity index (χ2n) is 6.46. The molecule has 9 nitrogen and oxygen atoms in total. The third-order valence-corrected chi connectivity index (χ3v) is 4.50. The summed E-state index contributed by atoms with van der Waals surface area (Å²) in [6.45, 7) is 6.05. The second-order valence-corrected chi connectivity index (χ2v) is 6.46. The minimum atomic E-state index is -0.131. The first-order valence-electron chi connectivity index (χ1n) is 8.60. The van der Waals surface area contributed by atoms with Crippen molar-refractivity contribution in [1.29, 1.82) is 0 Å². The average Bonchev–Trinajstić information content (AvgIpc) is 3.23. The van der Waals surface area contributed by atoms with Crippen molar-refractivity contribution in [3.63, 3.8) is 0 Å². The van der Waals surface area contributed by atoms with Crippen LogP contribution in [0.15, 0.2) is 10.8 Å². The first-order chi connectivity index (χ1) is 12.5. The first-order valence-corrected chi connectivity index (χ1v) is 8.60. The van der Waals surface area contributed by atoms with Gasteiger partial charge in [0, 0.05) is 31.8 Å². The van der Waals surface area contributed by atoms with E-state index in [1.807, 2.05) is 11.8 Å². The molecule has 138 valence electrons. The largest absolute Gasteiger partial charge is 0.352 e. The van der Waals surface area contributed by atoms with Crippen LogP contribution in [0.1, 0.15) is 54.3 Å². The molecule has 9 heteroatoms. The lowest BCUT2D eigenvalue weighted by molar-refractivity contribution is -0.131. The van der Waals surface area contributed by atoms with Gasteiger partial charge in [0.2, 0.25) is 11.8 Å². The summed E-state index contributed by atoms with van der Waals surface area (Å²) in [5.74, 6) is 0.486. The zero-order chi connectivity index (χ0) is 18.7. The summed E-state index contributed by atoms with van der Waals surface area (Å²) in [6, 6.07) is -0.131. The molecule has 0 bridgehead atoms. The van der Waals surface area contributed by atoms with E-state index in [2.05, 4.69) is 30.2 Å². The van der Waals surface area contributed by atoms with E-state index in [9.17, 15) is 9.59 Å².